The lowest BCUT2D eigenvalue weighted by atomic mass is 9.99. The van der Waals surface area contributed by atoms with Gasteiger partial charge in [0.25, 0.3) is 0 Å². The number of aromatic nitrogens is 2. The monoisotopic (exact) mass is 271 g/mol. The summed E-state index contributed by atoms with van der Waals surface area (Å²) in [4.78, 5) is 0. The predicted octanol–water partition coefficient (Wildman–Crippen LogP) is 3.80. The average Bonchev–Trinajstić information content (AvgIpc) is 2.87. The van der Waals surface area contributed by atoms with E-state index in [1.807, 2.05) is 6.20 Å². The molecule has 2 aromatic rings. The van der Waals surface area contributed by atoms with Crippen LogP contribution in [0.5, 0.6) is 0 Å². The van der Waals surface area contributed by atoms with E-state index in [1.54, 1.807) is 0 Å². The third-order valence-electron chi connectivity index (χ3n) is 3.68. The van der Waals surface area contributed by atoms with Gasteiger partial charge in [0.15, 0.2) is 0 Å². The molecule has 2 atom stereocenters. The van der Waals surface area contributed by atoms with Gasteiger partial charge in [0.05, 0.1) is 18.3 Å². The SMILES string of the molecule is CCCNC(c1ccc(C)cc1)C(C)n1cc(C)cn1. The maximum atomic E-state index is 4.46. The Kier molecular flexibility index (Phi) is 4.96. The molecular weight excluding hydrogens is 246 g/mol. The zero-order valence-electron chi connectivity index (χ0n) is 12.9. The maximum absolute atomic E-state index is 4.46. The number of hydrogen-bond acceptors (Lipinski definition) is 2. The van der Waals surface area contributed by atoms with Crippen LogP contribution in [-0.4, -0.2) is 16.3 Å². The van der Waals surface area contributed by atoms with Crippen LogP contribution >= 0.6 is 0 Å². The predicted molar refractivity (Wildman–Crippen MR) is 83.9 cm³/mol. The van der Waals surface area contributed by atoms with Crippen LogP contribution in [0.3, 0.4) is 0 Å². The minimum atomic E-state index is 0.287. The van der Waals surface area contributed by atoms with E-state index < -0.39 is 0 Å². The van der Waals surface area contributed by atoms with Gasteiger partial charge in [-0.3, -0.25) is 4.68 Å². The summed E-state index contributed by atoms with van der Waals surface area (Å²) in [6.07, 6.45) is 5.16. The van der Waals surface area contributed by atoms with Crippen molar-refractivity contribution in [2.24, 2.45) is 0 Å². The summed E-state index contributed by atoms with van der Waals surface area (Å²) in [6.45, 7) is 9.64. The topological polar surface area (TPSA) is 29.9 Å². The Morgan fingerprint density at radius 3 is 2.40 bits per heavy atom. The first-order valence-electron chi connectivity index (χ1n) is 7.42. The molecule has 108 valence electrons. The standard InChI is InChI=1S/C17H25N3/c1-5-10-18-17(16-8-6-13(2)7-9-16)15(4)20-12-14(3)11-19-20/h6-9,11-12,15,17-18H,5,10H2,1-4H3. The fourth-order valence-corrected chi connectivity index (χ4v) is 2.45. The molecule has 0 aliphatic heterocycles. The maximum Gasteiger partial charge on any atom is 0.0685 e. The second kappa shape index (κ2) is 6.71. The van der Waals surface area contributed by atoms with E-state index in [-0.39, 0.29) is 12.1 Å². The lowest BCUT2D eigenvalue weighted by Gasteiger charge is -2.26. The Morgan fingerprint density at radius 1 is 1.15 bits per heavy atom. The van der Waals surface area contributed by atoms with Gasteiger partial charge in [0.1, 0.15) is 0 Å². The van der Waals surface area contributed by atoms with E-state index in [2.05, 4.69) is 73.3 Å². The molecule has 1 heterocycles. The molecule has 0 fully saturated rings. The molecule has 2 rings (SSSR count). The smallest absolute Gasteiger partial charge is 0.0685 e. The number of hydrogen-bond donors (Lipinski definition) is 1. The summed E-state index contributed by atoms with van der Waals surface area (Å²) in [6, 6.07) is 9.37. The summed E-state index contributed by atoms with van der Waals surface area (Å²) in [5.41, 5.74) is 3.82. The highest BCUT2D eigenvalue weighted by Crippen LogP contribution is 2.26. The van der Waals surface area contributed by atoms with Crippen LogP contribution in [0, 0.1) is 13.8 Å². The molecule has 0 aliphatic carbocycles. The van der Waals surface area contributed by atoms with E-state index >= 15 is 0 Å². The fraction of sp³-hybridized carbons (Fsp3) is 0.471. The van der Waals surface area contributed by atoms with Crippen molar-refractivity contribution in [1.29, 1.82) is 0 Å². The van der Waals surface area contributed by atoms with Crippen LogP contribution in [-0.2, 0) is 0 Å². The lowest BCUT2D eigenvalue weighted by Crippen LogP contribution is -2.29. The number of nitrogens with zero attached hydrogens (tertiary/aromatic N) is 2. The van der Waals surface area contributed by atoms with Crippen LogP contribution in [0.4, 0.5) is 0 Å². The number of aryl methyl sites for hydroxylation is 2. The Morgan fingerprint density at radius 2 is 1.85 bits per heavy atom. The lowest BCUT2D eigenvalue weighted by molar-refractivity contribution is 0.354. The molecule has 3 nitrogen and oxygen atoms in total. The summed E-state index contributed by atoms with van der Waals surface area (Å²) in [5, 5.41) is 8.12. The van der Waals surface area contributed by atoms with Gasteiger partial charge in [0.2, 0.25) is 0 Å². The van der Waals surface area contributed by atoms with Crippen LogP contribution in [0.15, 0.2) is 36.7 Å². The minimum absolute atomic E-state index is 0.287. The summed E-state index contributed by atoms with van der Waals surface area (Å²) >= 11 is 0. The Bertz CT molecular complexity index is 527. The first kappa shape index (κ1) is 14.8. The van der Waals surface area contributed by atoms with Gasteiger partial charge in [-0.1, -0.05) is 36.8 Å². The molecule has 1 N–H and O–H groups in total. The fourth-order valence-electron chi connectivity index (χ4n) is 2.45. The number of rotatable bonds is 6. The van der Waals surface area contributed by atoms with E-state index in [9.17, 15) is 0 Å². The first-order chi connectivity index (χ1) is 9.61. The van der Waals surface area contributed by atoms with Crippen molar-refractivity contribution >= 4 is 0 Å². The molecule has 0 bridgehead atoms. The van der Waals surface area contributed by atoms with E-state index in [0.29, 0.717) is 0 Å². The van der Waals surface area contributed by atoms with Gasteiger partial charge in [-0.2, -0.15) is 5.10 Å². The van der Waals surface area contributed by atoms with Gasteiger partial charge in [-0.15, -0.1) is 0 Å². The van der Waals surface area contributed by atoms with Gasteiger partial charge < -0.3 is 5.32 Å². The summed E-state index contributed by atoms with van der Waals surface area (Å²) < 4.78 is 2.06. The quantitative estimate of drug-likeness (QED) is 0.866. The highest BCUT2D eigenvalue weighted by atomic mass is 15.3. The molecule has 1 aromatic carbocycles. The van der Waals surface area contributed by atoms with Gasteiger partial charge in [-0.05, 0) is 44.9 Å². The zero-order chi connectivity index (χ0) is 14.5. The Labute approximate surface area is 122 Å². The number of benzene rings is 1. The molecular formula is C17H25N3. The van der Waals surface area contributed by atoms with Crippen molar-refractivity contribution in [3.63, 3.8) is 0 Å². The van der Waals surface area contributed by atoms with Gasteiger partial charge in [-0.25, -0.2) is 0 Å². The molecule has 3 heteroatoms. The van der Waals surface area contributed by atoms with Crippen LogP contribution in [0.25, 0.3) is 0 Å². The first-order valence-corrected chi connectivity index (χ1v) is 7.42. The van der Waals surface area contributed by atoms with E-state index in [1.165, 1.54) is 16.7 Å². The molecule has 0 saturated heterocycles. The largest absolute Gasteiger partial charge is 0.308 e. The van der Waals surface area contributed by atoms with Crippen molar-refractivity contribution < 1.29 is 0 Å². The third-order valence-corrected chi connectivity index (χ3v) is 3.68. The van der Waals surface area contributed by atoms with E-state index in [4.69, 9.17) is 0 Å². The third kappa shape index (κ3) is 3.48. The van der Waals surface area contributed by atoms with Crippen molar-refractivity contribution in [1.82, 2.24) is 15.1 Å². The minimum Gasteiger partial charge on any atom is -0.308 e. The van der Waals surface area contributed by atoms with E-state index in [0.717, 1.165) is 13.0 Å². The van der Waals surface area contributed by atoms with Crippen LogP contribution in [0.1, 0.15) is 49.0 Å². The normalized spacial score (nSPS) is 14.2. The summed E-state index contributed by atoms with van der Waals surface area (Å²) in [7, 11) is 0. The van der Waals surface area contributed by atoms with Gasteiger partial charge in [0, 0.05) is 6.20 Å². The van der Waals surface area contributed by atoms with Crippen molar-refractivity contribution in [2.45, 2.75) is 46.2 Å². The van der Waals surface area contributed by atoms with Crippen molar-refractivity contribution in [2.75, 3.05) is 6.54 Å². The zero-order valence-corrected chi connectivity index (χ0v) is 12.9. The molecule has 1 aromatic heterocycles. The van der Waals surface area contributed by atoms with Crippen LogP contribution < -0.4 is 5.32 Å². The summed E-state index contributed by atoms with van der Waals surface area (Å²) in [5.74, 6) is 0. The molecule has 0 radical (unpaired) electrons. The van der Waals surface area contributed by atoms with Gasteiger partial charge >= 0.3 is 0 Å². The average molecular weight is 271 g/mol. The number of nitrogens with one attached hydrogen (secondary N) is 1. The highest BCUT2D eigenvalue weighted by Gasteiger charge is 2.20. The Hall–Kier alpha value is -1.61. The second-order valence-corrected chi connectivity index (χ2v) is 5.58. The molecule has 20 heavy (non-hydrogen) atoms. The molecule has 0 saturated carbocycles. The molecule has 0 amide bonds. The molecule has 0 spiro atoms. The van der Waals surface area contributed by atoms with Crippen LogP contribution in [0.2, 0.25) is 0 Å². The second-order valence-electron chi connectivity index (χ2n) is 5.58. The Balaban J connectivity index is 2.24. The van der Waals surface area contributed by atoms with Crippen molar-refractivity contribution in [3.05, 3.63) is 53.3 Å². The molecule has 0 aliphatic rings. The highest BCUT2D eigenvalue weighted by molar-refractivity contribution is 5.25. The molecule has 2 unspecified atom stereocenters. The van der Waals surface area contributed by atoms with Crippen molar-refractivity contribution in [3.8, 4) is 0 Å².